The quantitative estimate of drug-likeness (QED) is 0.868. The molecule has 0 aromatic carbocycles. The van der Waals surface area contributed by atoms with Crippen LogP contribution in [0.4, 0.5) is 0 Å². The van der Waals surface area contributed by atoms with Crippen molar-refractivity contribution in [3.8, 4) is 0 Å². The number of thiazole rings is 1. The second-order valence-electron chi connectivity index (χ2n) is 5.22. The number of hydrogen-bond acceptors (Lipinski definition) is 4. The zero-order chi connectivity index (χ0) is 12.3. The van der Waals surface area contributed by atoms with Gasteiger partial charge in [0.25, 0.3) is 0 Å². The van der Waals surface area contributed by atoms with Gasteiger partial charge in [0.15, 0.2) is 0 Å². The van der Waals surface area contributed by atoms with Crippen molar-refractivity contribution in [2.24, 2.45) is 17.1 Å². The van der Waals surface area contributed by atoms with Crippen molar-refractivity contribution >= 4 is 11.3 Å². The molecule has 0 spiro atoms. The molecule has 17 heavy (non-hydrogen) atoms. The average Bonchev–Trinajstić information content (AvgIpc) is 2.92. The van der Waals surface area contributed by atoms with Crippen LogP contribution in [0, 0.1) is 11.3 Å². The molecule has 0 amide bonds. The largest absolute Gasteiger partial charge is 0.387 e. The lowest BCUT2D eigenvalue weighted by molar-refractivity contribution is -0.00817. The first-order valence-corrected chi connectivity index (χ1v) is 7.36. The summed E-state index contributed by atoms with van der Waals surface area (Å²) in [6.45, 7) is 2.82. The van der Waals surface area contributed by atoms with Gasteiger partial charge in [0.2, 0.25) is 0 Å². The van der Waals surface area contributed by atoms with Gasteiger partial charge in [0, 0.05) is 18.2 Å². The Morgan fingerprint density at radius 3 is 2.76 bits per heavy atom. The van der Waals surface area contributed by atoms with E-state index in [1.165, 1.54) is 30.6 Å². The molecule has 3 N–H and O–H groups in total. The number of rotatable bonds is 4. The molecule has 1 aromatic rings. The first kappa shape index (κ1) is 13.0. The molecule has 1 saturated carbocycles. The molecule has 0 aliphatic heterocycles. The first-order chi connectivity index (χ1) is 8.22. The number of aliphatic hydroxyl groups excluding tert-OH is 1. The normalized spacial score (nSPS) is 31.4. The highest BCUT2D eigenvalue weighted by Gasteiger charge is 2.41. The van der Waals surface area contributed by atoms with Gasteiger partial charge >= 0.3 is 0 Å². The summed E-state index contributed by atoms with van der Waals surface area (Å²) in [5.41, 5.74) is 7.62. The van der Waals surface area contributed by atoms with Crippen LogP contribution < -0.4 is 5.73 Å². The lowest BCUT2D eigenvalue weighted by Gasteiger charge is -2.42. The molecule has 3 nitrogen and oxygen atoms in total. The van der Waals surface area contributed by atoms with Crippen LogP contribution in [-0.2, 0) is 0 Å². The van der Waals surface area contributed by atoms with Gasteiger partial charge in [-0.05, 0) is 31.6 Å². The molecule has 1 heterocycles. The molecule has 2 rings (SSSR count). The summed E-state index contributed by atoms with van der Waals surface area (Å²) in [4.78, 5) is 5.02. The van der Waals surface area contributed by atoms with Crippen molar-refractivity contribution in [3.05, 3.63) is 16.6 Å². The SMILES string of the molecule is CCC1CCC(CN)(C(O)c2cncs2)CC1. The molecule has 0 radical (unpaired) electrons. The monoisotopic (exact) mass is 254 g/mol. The summed E-state index contributed by atoms with van der Waals surface area (Å²) in [5.74, 6) is 0.823. The molecule has 1 atom stereocenters. The highest BCUT2D eigenvalue weighted by atomic mass is 32.1. The molecule has 0 bridgehead atoms. The Morgan fingerprint density at radius 1 is 1.59 bits per heavy atom. The van der Waals surface area contributed by atoms with Gasteiger partial charge in [0.1, 0.15) is 0 Å². The van der Waals surface area contributed by atoms with Crippen molar-refractivity contribution in [2.75, 3.05) is 6.54 Å². The zero-order valence-electron chi connectivity index (χ0n) is 10.4. The average molecular weight is 254 g/mol. The van der Waals surface area contributed by atoms with E-state index in [4.69, 9.17) is 5.73 Å². The van der Waals surface area contributed by atoms with Gasteiger partial charge in [-0.25, -0.2) is 0 Å². The molecule has 1 aliphatic carbocycles. The summed E-state index contributed by atoms with van der Waals surface area (Å²) < 4.78 is 0. The number of hydrogen-bond donors (Lipinski definition) is 2. The lowest BCUT2D eigenvalue weighted by atomic mass is 9.66. The Bertz CT molecular complexity index is 331. The zero-order valence-corrected chi connectivity index (χ0v) is 11.2. The Hall–Kier alpha value is -0.450. The number of aliphatic hydroxyl groups is 1. The van der Waals surface area contributed by atoms with E-state index in [-0.39, 0.29) is 5.41 Å². The van der Waals surface area contributed by atoms with Crippen molar-refractivity contribution in [1.82, 2.24) is 4.98 Å². The number of nitrogens with two attached hydrogens (primary N) is 1. The molecule has 1 fully saturated rings. The molecular weight excluding hydrogens is 232 g/mol. The summed E-state index contributed by atoms with van der Waals surface area (Å²) in [6, 6.07) is 0. The fourth-order valence-corrected chi connectivity index (χ4v) is 3.66. The smallest absolute Gasteiger partial charge is 0.0966 e. The second-order valence-corrected chi connectivity index (χ2v) is 6.14. The van der Waals surface area contributed by atoms with Gasteiger partial charge in [-0.1, -0.05) is 13.3 Å². The van der Waals surface area contributed by atoms with E-state index in [1.807, 2.05) is 0 Å². The molecular formula is C13H22N2OS. The third-order valence-corrected chi connectivity index (χ3v) is 5.21. The molecule has 1 aromatic heterocycles. The van der Waals surface area contributed by atoms with Gasteiger partial charge in [-0.2, -0.15) is 0 Å². The molecule has 96 valence electrons. The molecule has 1 aliphatic rings. The highest BCUT2D eigenvalue weighted by molar-refractivity contribution is 7.09. The number of nitrogens with zero attached hydrogens (tertiary/aromatic N) is 1. The van der Waals surface area contributed by atoms with Crippen LogP contribution >= 0.6 is 11.3 Å². The van der Waals surface area contributed by atoms with E-state index in [9.17, 15) is 5.11 Å². The second kappa shape index (κ2) is 5.46. The van der Waals surface area contributed by atoms with E-state index in [0.29, 0.717) is 6.54 Å². The number of aromatic nitrogens is 1. The maximum absolute atomic E-state index is 10.5. The minimum absolute atomic E-state index is 0.113. The van der Waals surface area contributed by atoms with Gasteiger partial charge in [-0.15, -0.1) is 11.3 Å². The fourth-order valence-electron chi connectivity index (χ4n) is 2.91. The predicted octanol–water partition coefficient (Wildman–Crippen LogP) is 2.72. The maximum Gasteiger partial charge on any atom is 0.0966 e. The van der Waals surface area contributed by atoms with Crippen LogP contribution in [-0.4, -0.2) is 16.6 Å². The van der Waals surface area contributed by atoms with Crippen LogP contribution in [0.2, 0.25) is 0 Å². The molecule has 1 unspecified atom stereocenters. The summed E-state index contributed by atoms with van der Waals surface area (Å²) in [6.07, 6.45) is 7.07. The Balaban J connectivity index is 2.10. The minimum Gasteiger partial charge on any atom is -0.387 e. The Morgan fingerprint density at radius 2 is 2.29 bits per heavy atom. The van der Waals surface area contributed by atoms with Crippen LogP contribution in [0.1, 0.15) is 50.0 Å². The standard InChI is InChI=1S/C13H22N2OS/c1-2-10-3-5-13(8-14,6-4-10)12(16)11-7-15-9-17-11/h7,9-10,12,16H,2-6,8,14H2,1H3. The first-order valence-electron chi connectivity index (χ1n) is 6.48. The van der Waals surface area contributed by atoms with Crippen molar-refractivity contribution in [1.29, 1.82) is 0 Å². The molecule has 0 saturated heterocycles. The van der Waals surface area contributed by atoms with E-state index < -0.39 is 6.10 Å². The lowest BCUT2D eigenvalue weighted by Crippen LogP contribution is -2.39. The topological polar surface area (TPSA) is 59.1 Å². The van der Waals surface area contributed by atoms with E-state index in [2.05, 4.69) is 11.9 Å². The Kier molecular flexibility index (Phi) is 4.17. The third kappa shape index (κ3) is 2.54. The summed E-state index contributed by atoms with van der Waals surface area (Å²) in [7, 11) is 0. The summed E-state index contributed by atoms with van der Waals surface area (Å²) in [5, 5.41) is 10.5. The van der Waals surface area contributed by atoms with E-state index in [0.717, 1.165) is 23.6 Å². The van der Waals surface area contributed by atoms with Gasteiger partial charge < -0.3 is 10.8 Å². The maximum atomic E-state index is 10.5. The van der Waals surface area contributed by atoms with Crippen LogP contribution in [0.5, 0.6) is 0 Å². The van der Waals surface area contributed by atoms with Gasteiger partial charge in [-0.3, -0.25) is 4.98 Å². The van der Waals surface area contributed by atoms with Crippen LogP contribution in [0.15, 0.2) is 11.7 Å². The fraction of sp³-hybridized carbons (Fsp3) is 0.769. The molecule has 4 heteroatoms. The van der Waals surface area contributed by atoms with Crippen LogP contribution in [0.25, 0.3) is 0 Å². The van der Waals surface area contributed by atoms with Crippen molar-refractivity contribution in [2.45, 2.75) is 45.1 Å². The summed E-state index contributed by atoms with van der Waals surface area (Å²) >= 11 is 1.53. The van der Waals surface area contributed by atoms with E-state index in [1.54, 1.807) is 11.7 Å². The van der Waals surface area contributed by atoms with Crippen molar-refractivity contribution < 1.29 is 5.11 Å². The predicted molar refractivity (Wildman–Crippen MR) is 70.8 cm³/mol. The van der Waals surface area contributed by atoms with E-state index >= 15 is 0 Å². The minimum atomic E-state index is -0.433. The third-order valence-electron chi connectivity index (χ3n) is 4.39. The van der Waals surface area contributed by atoms with Crippen LogP contribution in [0.3, 0.4) is 0 Å². The van der Waals surface area contributed by atoms with Gasteiger partial charge in [0.05, 0.1) is 16.5 Å². The Labute approximate surface area is 107 Å². The highest BCUT2D eigenvalue weighted by Crippen LogP contribution is 2.48. The van der Waals surface area contributed by atoms with Crippen molar-refractivity contribution in [3.63, 3.8) is 0 Å².